The molecular weight excluding hydrogens is 376 g/mol. The van der Waals surface area contributed by atoms with Crippen molar-refractivity contribution in [2.75, 3.05) is 57.0 Å². The molecule has 1 heterocycles. The Hall–Kier alpha value is -2.12. The van der Waals surface area contributed by atoms with Gasteiger partial charge in [-0.05, 0) is 69.3 Å². The van der Waals surface area contributed by atoms with Crippen LogP contribution < -0.4 is 21.1 Å². The first kappa shape index (κ1) is 22.6. The fraction of sp³-hybridized carbons (Fsp3) is 0.652. The smallest absolute Gasteiger partial charge is 0.225 e. The summed E-state index contributed by atoms with van der Waals surface area (Å²) in [6, 6.07) is 5.99. The lowest BCUT2D eigenvalue weighted by Crippen LogP contribution is -2.29. The van der Waals surface area contributed by atoms with Crippen molar-refractivity contribution in [1.82, 2.24) is 14.9 Å². The van der Waals surface area contributed by atoms with Crippen molar-refractivity contribution in [1.29, 1.82) is 0 Å². The van der Waals surface area contributed by atoms with Gasteiger partial charge in [0.25, 0.3) is 0 Å². The molecule has 3 rings (SSSR count). The molecule has 1 aromatic carbocycles. The first-order valence-electron chi connectivity index (χ1n) is 11.4. The molecule has 0 aliphatic heterocycles. The summed E-state index contributed by atoms with van der Waals surface area (Å²) in [5.41, 5.74) is 6.67. The molecule has 0 amide bonds. The quantitative estimate of drug-likeness (QED) is 0.518. The van der Waals surface area contributed by atoms with Gasteiger partial charge in [-0.15, -0.1) is 0 Å². The number of nitrogens with two attached hydrogens (primary N) is 1. The third-order valence-electron chi connectivity index (χ3n) is 6.37. The maximum absolute atomic E-state index is 5.83. The maximum atomic E-state index is 5.83. The molecule has 166 valence electrons. The van der Waals surface area contributed by atoms with Gasteiger partial charge in [0.15, 0.2) is 0 Å². The second-order valence-electron chi connectivity index (χ2n) is 8.21. The van der Waals surface area contributed by atoms with Gasteiger partial charge in [0, 0.05) is 25.0 Å². The van der Waals surface area contributed by atoms with E-state index in [4.69, 9.17) is 20.4 Å². The average Bonchev–Trinajstić information content (AvgIpc) is 2.80. The lowest BCUT2D eigenvalue weighted by Gasteiger charge is -2.27. The lowest BCUT2D eigenvalue weighted by molar-refractivity contribution is 0.289. The molecule has 2 aromatic rings. The van der Waals surface area contributed by atoms with Crippen molar-refractivity contribution in [3.8, 4) is 5.75 Å². The van der Waals surface area contributed by atoms with Gasteiger partial charge in [0.2, 0.25) is 5.95 Å². The number of fused-ring (bicyclic) bond motifs is 1. The predicted octanol–water partition coefficient (Wildman–Crippen LogP) is 3.57. The van der Waals surface area contributed by atoms with E-state index >= 15 is 0 Å². The van der Waals surface area contributed by atoms with Gasteiger partial charge < -0.3 is 26.0 Å². The number of benzene rings is 1. The standard InChI is InChI=1S/C23H38N6O/c1-4-29(5-2)14-13-25-22-19-7-6-8-20(30-3)21(19)27-23(28-22)26-16-18-11-9-17(15-24)10-12-18/h6-8,17-18H,4-5,9-16,24H2,1-3H3,(H2,25,26,27,28). The van der Waals surface area contributed by atoms with Crippen molar-refractivity contribution < 1.29 is 4.74 Å². The van der Waals surface area contributed by atoms with Crippen LogP contribution in [0.25, 0.3) is 10.9 Å². The van der Waals surface area contributed by atoms with E-state index < -0.39 is 0 Å². The number of para-hydroxylation sites is 1. The Bertz CT molecular complexity index is 787. The molecule has 0 bridgehead atoms. The molecular formula is C23H38N6O. The minimum Gasteiger partial charge on any atom is -0.494 e. The second-order valence-corrected chi connectivity index (χ2v) is 8.21. The number of ether oxygens (including phenoxy) is 1. The van der Waals surface area contributed by atoms with E-state index in [0.717, 1.165) is 61.7 Å². The fourth-order valence-electron chi connectivity index (χ4n) is 4.28. The van der Waals surface area contributed by atoms with Gasteiger partial charge in [-0.25, -0.2) is 4.98 Å². The van der Waals surface area contributed by atoms with Crippen molar-refractivity contribution in [3.05, 3.63) is 18.2 Å². The largest absolute Gasteiger partial charge is 0.494 e. The van der Waals surface area contributed by atoms with Crippen LogP contribution in [0.2, 0.25) is 0 Å². The first-order chi connectivity index (χ1) is 14.7. The van der Waals surface area contributed by atoms with Crippen LogP contribution in [0.4, 0.5) is 11.8 Å². The summed E-state index contributed by atoms with van der Waals surface area (Å²) >= 11 is 0. The van der Waals surface area contributed by atoms with Gasteiger partial charge in [-0.3, -0.25) is 0 Å². The molecule has 0 unspecified atom stereocenters. The number of nitrogens with zero attached hydrogens (tertiary/aromatic N) is 3. The number of hydrogen-bond acceptors (Lipinski definition) is 7. The highest BCUT2D eigenvalue weighted by Crippen LogP contribution is 2.31. The number of methoxy groups -OCH3 is 1. The molecule has 7 nitrogen and oxygen atoms in total. The summed E-state index contributed by atoms with van der Waals surface area (Å²) in [7, 11) is 1.69. The van der Waals surface area contributed by atoms with Gasteiger partial charge in [0.1, 0.15) is 17.1 Å². The Labute approximate surface area is 180 Å². The van der Waals surface area contributed by atoms with Crippen molar-refractivity contribution in [2.45, 2.75) is 39.5 Å². The molecule has 0 saturated heterocycles. The molecule has 0 atom stereocenters. The van der Waals surface area contributed by atoms with Crippen LogP contribution in [-0.2, 0) is 0 Å². The van der Waals surface area contributed by atoms with Crippen LogP contribution in [0, 0.1) is 11.8 Å². The van der Waals surface area contributed by atoms with Crippen molar-refractivity contribution in [2.24, 2.45) is 17.6 Å². The second kappa shape index (κ2) is 11.3. The summed E-state index contributed by atoms with van der Waals surface area (Å²) in [6.45, 7) is 10.0. The van der Waals surface area contributed by atoms with E-state index in [1.165, 1.54) is 25.7 Å². The van der Waals surface area contributed by atoms with Gasteiger partial charge in [0.05, 0.1) is 7.11 Å². The Kier molecular flexibility index (Phi) is 8.51. The highest BCUT2D eigenvalue weighted by atomic mass is 16.5. The van der Waals surface area contributed by atoms with Crippen LogP contribution in [0.1, 0.15) is 39.5 Å². The molecule has 1 saturated carbocycles. The average molecular weight is 415 g/mol. The van der Waals surface area contributed by atoms with Crippen LogP contribution in [-0.4, -0.2) is 61.2 Å². The summed E-state index contributed by atoms with van der Waals surface area (Å²) in [5.74, 6) is 3.65. The van der Waals surface area contributed by atoms with Crippen LogP contribution in [0.15, 0.2) is 18.2 Å². The topological polar surface area (TPSA) is 88.3 Å². The Morgan fingerprint density at radius 2 is 1.80 bits per heavy atom. The molecule has 4 N–H and O–H groups in total. The summed E-state index contributed by atoms with van der Waals surface area (Å²) < 4.78 is 5.57. The number of rotatable bonds is 11. The maximum Gasteiger partial charge on any atom is 0.225 e. The zero-order valence-electron chi connectivity index (χ0n) is 18.8. The van der Waals surface area contributed by atoms with E-state index in [1.807, 2.05) is 12.1 Å². The summed E-state index contributed by atoms with van der Waals surface area (Å²) in [4.78, 5) is 12.0. The third kappa shape index (κ3) is 5.73. The minimum atomic E-state index is 0.656. The fourth-order valence-corrected chi connectivity index (χ4v) is 4.28. The zero-order chi connectivity index (χ0) is 21.3. The molecule has 7 heteroatoms. The molecule has 30 heavy (non-hydrogen) atoms. The SMILES string of the molecule is CCN(CC)CCNc1nc(NCC2CCC(CN)CC2)nc2c(OC)cccc12. The molecule has 1 aromatic heterocycles. The first-order valence-corrected chi connectivity index (χ1v) is 11.4. The predicted molar refractivity (Wildman–Crippen MR) is 125 cm³/mol. The molecule has 1 aliphatic carbocycles. The number of aromatic nitrogens is 2. The number of likely N-dealkylation sites (N-methyl/N-ethyl adjacent to an activating group) is 1. The van der Waals surface area contributed by atoms with E-state index in [0.29, 0.717) is 17.8 Å². The summed E-state index contributed by atoms with van der Waals surface area (Å²) in [6.07, 6.45) is 4.91. The molecule has 1 fully saturated rings. The number of anilines is 2. The normalized spacial score (nSPS) is 19.2. The van der Waals surface area contributed by atoms with E-state index in [9.17, 15) is 0 Å². The number of hydrogen-bond donors (Lipinski definition) is 3. The monoisotopic (exact) mass is 414 g/mol. The number of nitrogens with one attached hydrogen (secondary N) is 2. The van der Waals surface area contributed by atoms with Gasteiger partial charge >= 0.3 is 0 Å². The van der Waals surface area contributed by atoms with Crippen LogP contribution in [0.5, 0.6) is 5.75 Å². The Morgan fingerprint density at radius 3 is 2.47 bits per heavy atom. The lowest BCUT2D eigenvalue weighted by atomic mass is 9.82. The third-order valence-corrected chi connectivity index (χ3v) is 6.37. The van der Waals surface area contributed by atoms with E-state index in [-0.39, 0.29) is 0 Å². The molecule has 0 spiro atoms. The van der Waals surface area contributed by atoms with Crippen LogP contribution in [0.3, 0.4) is 0 Å². The Balaban J connectivity index is 1.73. The minimum absolute atomic E-state index is 0.656. The van der Waals surface area contributed by atoms with Crippen molar-refractivity contribution >= 4 is 22.7 Å². The van der Waals surface area contributed by atoms with E-state index in [2.05, 4.69) is 35.4 Å². The molecule has 1 aliphatic rings. The Morgan fingerprint density at radius 1 is 1.07 bits per heavy atom. The highest BCUT2D eigenvalue weighted by molar-refractivity contribution is 5.94. The molecule has 0 radical (unpaired) electrons. The van der Waals surface area contributed by atoms with Crippen LogP contribution >= 0.6 is 0 Å². The van der Waals surface area contributed by atoms with Crippen molar-refractivity contribution in [3.63, 3.8) is 0 Å². The zero-order valence-corrected chi connectivity index (χ0v) is 18.8. The van der Waals surface area contributed by atoms with E-state index in [1.54, 1.807) is 7.11 Å². The summed E-state index contributed by atoms with van der Waals surface area (Å²) in [5, 5.41) is 8.01. The van der Waals surface area contributed by atoms with Gasteiger partial charge in [-0.2, -0.15) is 4.98 Å². The van der Waals surface area contributed by atoms with Gasteiger partial charge in [-0.1, -0.05) is 19.9 Å². The highest BCUT2D eigenvalue weighted by Gasteiger charge is 2.20.